The van der Waals surface area contributed by atoms with Crippen LogP contribution in [0.3, 0.4) is 0 Å². The maximum absolute atomic E-state index is 11.8. The van der Waals surface area contributed by atoms with Crippen LogP contribution in [-0.4, -0.2) is 31.2 Å². The van der Waals surface area contributed by atoms with E-state index < -0.39 is 18.6 Å². The molecule has 96 valence electrons. The molecule has 3 nitrogen and oxygen atoms in total. The lowest BCUT2D eigenvalue weighted by molar-refractivity contribution is -0.138. The summed E-state index contributed by atoms with van der Waals surface area (Å²) >= 11 is 0. The minimum atomic E-state index is -4.35. The third kappa shape index (κ3) is 7.50. The van der Waals surface area contributed by atoms with Gasteiger partial charge in [-0.1, -0.05) is 20.3 Å². The Bertz CT molecular complexity index is 219. The van der Waals surface area contributed by atoms with Gasteiger partial charge in [0.2, 0.25) is 5.91 Å². The number of carbonyl (C=O) groups is 1. The summed E-state index contributed by atoms with van der Waals surface area (Å²) in [5.74, 6) is -0.247. The minimum Gasteiger partial charge on any atom is -0.346 e. The molecule has 0 aliphatic rings. The lowest BCUT2D eigenvalue weighted by Crippen LogP contribution is -2.43. The van der Waals surface area contributed by atoms with Crippen molar-refractivity contribution in [2.24, 2.45) is 5.92 Å². The molecule has 0 aliphatic carbocycles. The van der Waals surface area contributed by atoms with E-state index in [1.807, 2.05) is 26.1 Å². The predicted molar refractivity (Wildman–Crippen MR) is 56.0 cm³/mol. The lowest BCUT2D eigenvalue weighted by Gasteiger charge is -2.19. The Hall–Kier alpha value is -0.780. The van der Waals surface area contributed by atoms with Crippen molar-refractivity contribution in [2.45, 2.75) is 39.4 Å². The van der Waals surface area contributed by atoms with Crippen molar-refractivity contribution in [1.82, 2.24) is 10.6 Å². The molecular weight excluding hydrogens is 221 g/mol. The van der Waals surface area contributed by atoms with Crippen LogP contribution in [0.5, 0.6) is 0 Å². The van der Waals surface area contributed by atoms with Gasteiger partial charge in [-0.15, -0.1) is 0 Å². The molecule has 16 heavy (non-hydrogen) atoms. The van der Waals surface area contributed by atoms with Gasteiger partial charge in [-0.05, 0) is 12.8 Å². The van der Waals surface area contributed by atoms with Gasteiger partial charge in [0.05, 0.1) is 6.54 Å². The summed E-state index contributed by atoms with van der Waals surface area (Å²) in [4.78, 5) is 11.0. The molecule has 0 aromatic heterocycles. The number of hydrogen-bond acceptors (Lipinski definition) is 2. The van der Waals surface area contributed by atoms with Crippen molar-refractivity contribution in [3.63, 3.8) is 0 Å². The molecule has 2 N–H and O–H groups in total. The average Bonchev–Trinajstić information content (AvgIpc) is 2.20. The predicted octanol–water partition coefficient (Wildman–Crippen LogP) is 1.69. The number of amides is 1. The summed E-state index contributed by atoms with van der Waals surface area (Å²) in [5.41, 5.74) is 0. The standard InChI is InChI=1S/C10H19F3N2O/c1-4-7(2)8(3)14-5-9(16)15-6-10(11,12)13/h7-8,14H,4-6H2,1-3H3,(H,15,16). The first-order valence-corrected chi connectivity index (χ1v) is 5.33. The maximum atomic E-state index is 11.8. The summed E-state index contributed by atoms with van der Waals surface area (Å²) in [5, 5.41) is 4.70. The second-order valence-electron chi connectivity index (χ2n) is 3.95. The van der Waals surface area contributed by atoms with E-state index in [1.54, 1.807) is 0 Å². The van der Waals surface area contributed by atoms with Crippen LogP contribution in [0.4, 0.5) is 13.2 Å². The number of rotatable bonds is 6. The second kappa shape index (κ2) is 6.73. The fourth-order valence-corrected chi connectivity index (χ4v) is 1.07. The number of alkyl halides is 3. The Balaban J connectivity index is 3.73. The Morgan fingerprint density at radius 2 is 1.88 bits per heavy atom. The van der Waals surface area contributed by atoms with E-state index in [9.17, 15) is 18.0 Å². The summed E-state index contributed by atoms with van der Waals surface area (Å²) in [7, 11) is 0. The zero-order valence-electron chi connectivity index (χ0n) is 9.82. The lowest BCUT2D eigenvalue weighted by atomic mass is 10.0. The molecule has 0 spiro atoms. The van der Waals surface area contributed by atoms with Crippen LogP contribution in [0.1, 0.15) is 27.2 Å². The molecule has 0 radical (unpaired) electrons. The molecule has 0 saturated carbocycles. The Morgan fingerprint density at radius 1 is 1.31 bits per heavy atom. The van der Waals surface area contributed by atoms with Gasteiger partial charge < -0.3 is 10.6 Å². The fraction of sp³-hybridized carbons (Fsp3) is 0.900. The smallest absolute Gasteiger partial charge is 0.346 e. The maximum Gasteiger partial charge on any atom is 0.405 e. The zero-order chi connectivity index (χ0) is 12.8. The molecule has 2 atom stereocenters. The van der Waals surface area contributed by atoms with Crippen molar-refractivity contribution in [3.05, 3.63) is 0 Å². The largest absolute Gasteiger partial charge is 0.405 e. The molecule has 0 fully saturated rings. The number of hydrogen-bond donors (Lipinski definition) is 2. The summed E-state index contributed by atoms with van der Waals surface area (Å²) in [6.07, 6.45) is -3.39. The molecule has 0 aromatic carbocycles. The van der Waals surface area contributed by atoms with Crippen LogP contribution in [0.25, 0.3) is 0 Å². The first-order valence-electron chi connectivity index (χ1n) is 5.33. The number of nitrogens with one attached hydrogen (secondary N) is 2. The van der Waals surface area contributed by atoms with Gasteiger partial charge in [-0.25, -0.2) is 0 Å². The third-order valence-corrected chi connectivity index (χ3v) is 2.57. The van der Waals surface area contributed by atoms with Gasteiger partial charge >= 0.3 is 6.18 Å². The number of carbonyl (C=O) groups excluding carboxylic acids is 1. The quantitative estimate of drug-likeness (QED) is 0.741. The molecule has 6 heteroatoms. The van der Waals surface area contributed by atoms with Crippen molar-refractivity contribution in [1.29, 1.82) is 0 Å². The highest BCUT2D eigenvalue weighted by molar-refractivity contribution is 5.78. The van der Waals surface area contributed by atoms with E-state index >= 15 is 0 Å². The Kier molecular flexibility index (Phi) is 6.40. The van der Waals surface area contributed by atoms with E-state index in [1.165, 1.54) is 0 Å². The van der Waals surface area contributed by atoms with Crippen LogP contribution < -0.4 is 10.6 Å². The zero-order valence-corrected chi connectivity index (χ0v) is 9.82. The SMILES string of the molecule is CCC(C)C(C)NCC(=O)NCC(F)(F)F. The molecule has 0 aliphatic heterocycles. The molecule has 0 aromatic rings. The first kappa shape index (κ1) is 15.2. The van der Waals surface area contributed by atoms with Gasteiger partial charge in [-0.3, -0.25) is 4.79 Å². The number of halogens is 3. The summed E-state index contributed by atoms with van der Waals surface area (Å²) in [6, 6.07) is 0.113. The van der Waals surface area contributed by atoms with Crippen LogP contribution >= 0.6 is 0 Å². The Morgan fingerprint density at radius 3 is 2.31 bits per heavy atom. The van der Waals surface area contributed by atoms with Crippen LogP contribution in [0, 0.1) is 5.92 Å². The van der Waals surface area contributed by atoms with Crippen molar-refractivity contribution in [2.75, 3.05) is 13.1 Å². The fourth-order valence-electron chi connectivity index (χ4n) is 1.07. The second-order valence-corrected chi connectivity index (χ2v) is 3.95. The highest BCUT2D eigenvalue weighted by atomic mass is 19.4. The van der Waals surface area contributed by atoms with Gasteiger partial charge in [0.1, 0.15) is 6.54 Å². The highest BCUT2D eigenvalue weighted by Crippen LogP contribution is 2.12. The minimum absolute atomic E-state index is 0.0818. The van der Waals surface area contributed by atoms with Gasteiger partial charge in [0.25, 0.3) is 0 Å². The third-order valence-electron chi connectivity index (χ3n) is 2.57. The van der Waals surface area contributed by atoms with Gasteiger partial charge in [0, 0.05) is 6.04 Å². The molecule has 2 unspecified atom stereocenters. The van der Waals surface area contributed by atoms with Crippen molar-refractivity contribution in [3.8, 4) is 0 Å². The molecule has 0 saturated heterocycles. The van der Waals surface area contributed by atoms with Gasteiger partial charge in [-0.2, -0.15) is 13.2 Å². The van der Waals surface area contributed by atoms with E-state index in [0.717, 1.165) is 6.42 Å². The van der Waals surface area contributed by atoms with Crippen molar-refractivity contribution < 1.29 is 18.0 Å². The van der Waals surface area contributed by atoms with E-state index in [0.29, 0.717) is 5.92 Å². The Labute approximate surface area is 93.8 Å². The summed E-state index contributed by atoms with van der Waals surface area (Å²) < 4.78 is 35.3. The molecule has 1 amide bonds. The van der Waals surface area contributed by atoms with Crippen molar-refractivity contribution >= 4 is 5.91 Å². The van der Waals surface area contributed by atoms with Crippen LogP contribution in [0.15, 0.2) is 0 Å². The van der Waals surface area contributed by atoms with E-state index in [-0.39, 0.29) is 12.6 Å². The van der Waals surface area contributed by atoms with Crippen LogP contribution in [0.2, 0.25) is 0 Å². The molecular formula is C10H19F3N2O. The molecule has 0 bridgehead atoms. The monoisotopic (exact) mass is 240 g/mol. The average molecular weight is 240 g/mol. The highest BCUT2D eigenvalue weighted by Gasteiger charge is 2.27. The van der Waals surface area contributed by atoms with E-state index in [4.69, 9.17) is 0 Å². The topological polar surface area (TPSA) is 41.1 Å². The van der Waals surface area contributed by atoms with Crippen LogP contribution in [-0.2, 0) is 4.79 Å². The molecule has 0 rings (SSSR count). The summed E-state index contributed by atoms with van der Waals surface area (Å²) in [6.45, 7) is 4.59. The normalized spacial score (nSPS) is 15.6. The van der Waals surface area contributed by atoms with E-state index in [2.05, 4.69) is 5.32 Å². The molecule has 0 heterocycles. The first-order chi connectivity index (χ1) is 7.26. The van der Waals surface area contributed by atoms with Gasteiger partial charge in [0.15, 0.2) is 0 Å².